The van der Waals surface area contributed by atoms with Crippen LogP contribution in [-0.2, 0) is 11.3 Å². The van der Waals surface area contributed by atoms with E-state index < -0.39 is 5.91 Å². The SMILES string of the molecule is N#C/C(=C\c1ccc(OCCOc2ccccc2Cl)cc1)C(=O)NCc1ccc2c(c1)OCO2. The van der Waals surface area contributed by atoms with Gasteiger partial charge in [0.05, 0.1) is 5.02 Å². The van der Waals surface area contributed by atoms with E-state index in [9.17, 15) is 10.1 Å². The first-order valence-electron chi connectivity index (χ1n) is 10.5. The topological polar surface area (TPSA) is 89.8 Å². The van der Waals surface area contributed by atoms with E-state index in [1.54, 1.807) is 48.5 Å². The Morgan fingerprint density at radius 2 is 1.79 bits per heavy atom. The van der Waals surface area contributed by atoms with Gasteiger partial charge in [-0.15, -0.1) is 0 Å². The molecule has 8 heteroatoms. The van der Waals surface area contributed by atoms with Gasteiger partial charge in [0.25, 0.3) is 5.91 Å². The van der Waals surface area contributed by atoms with Crippen LogP contribution in [-0.4, -0.2) is 25.9 Å². The lowest BCUT2D eigenvalue weighted by Gasteiger charge is -2.09. The molecule has 0 unspecified atom stereocenters. The zero-order valence-electron chi connectivity index (χ0n) is 18.1. The number of fused-ring (bicyclic) bond motifs is 1. The summed E-state index contributed by atoms with van der Waals surface area (Å²) in [4.78, 5) is 12.5. The van der Waals surface area contributed by atoms with Gasteiger partial charge in [0.2, 0.25) is 6.79 Å². The van der Waals surface area contributed by atoms with Crippen molar-refractivity contribution in [2.45, 2.75) is 6.54 Å². The Kier molecular flexibility index (Phi) is 7.53. The number of nitrogens with zero attached hydrogens (tertiary/aromatic N) is 1. The number of carbonyl (C=O) groups excluding carboxylic acids is 1. The number of hydrogen-bond acceptors (Lipinski definition) is 6. The molecule has 3 aromatic rings. The van der Waals surface area contributed by atoms with E-state index in [0.29, 0.717) is 46.8 Å². The van der Waals surface area contributed by atoms with Gasteiger partial charge in [-0.3, -0.25) is 4.79 Å². The highest BCUT2D eigenvalue weighted by atomic mass is 35.5. The second-order valence-corrected chi connectivity index (χ2v) is 7.64. The summed E-state index contributed by atoms with van der Waals surface area (Å²) in [6.45, 7) is 1.13. The fraction of sp³-hybridized carbons (Fsp3) is 0.154. The van der Waals surface area contributed by atoms with Gasteiger partial charge in [0.1, 0.15) is 36.4 Å². The lowest BCUT2D eigenvalue weighted by Crippen LogP contribution is -2.23. The van der Waals surface area contributed by atoms with E-state index >= 15 is 0 Å². The summed E-state index contributed by atoms with van der Waals surface area (Å²) in [5.41, 5.74) is 1.55. The van der Waals surface area contributed by atoms with Gasteiger partial charge in [0.15, 0.2) is 11.5 Å². The molecule has 0 bridgehead atoms. The van der Waals surface area contributed by atoms with Crippen molar-refractivity contribution < 1.29 is 23.7 Å². The standard InChI is InChI=1S/C26H21ClN2O5/c27-22-3-1-2-4-23(22)32-12-11-31-21-8-5-18(6-9-21)13-20(15-28)26(30)29-16-19-7-10-24-25(14-19)34-17-33-24/h1-10,13-14H,11-12,16-17H2,(H,29,30)/b20-13+. The van der Waals surface area contributed by atoms with Crippen LogP contribution in [0.25, 0.3) is 6.08 Å². The molecule has 0 radical (unpaired) electrons. The largest absolute Gasteiger partial charge is 0.490 e. The van der Waals surface area contributed by atoms with E-state index in [0.717, 1.165) is 5.56 Å². The van der Waals surface area contributed by atoms with Crippen LogP contribution in [0.4, 0.5) is 0 Å². The van der Waals surface area contributed by atoms with Crippen molar-refractivity contribution in [2.24, 2.45) is 0 Å². The van der Waals surface area contributed by atoms with Gasteiger partial charge in [0, 0.05) is 6.54 Å². The summed E-state index contributed by atoms with van der Waals surface area (Å²) in [5.74, 6) is 2.10. The number of benzene rings is 3. The molecule has 0 aliphatic carbocycles. The third-order valence-corrected chi connectivity index (χ3v) is 5.20. The minimum atomic E-state index is -0.461. The summed E-state index contributed by atoms with van der Waals surface area (Å²) in [7, 11) is 0. The van der Waals surface area contributed by atoms with E-state index in [-0.39, 0.29) is 18.9 Å². The number of hydrogen-bond donors (Lipinski definition) is 1. The quantitative estimate of drug-likeness (QED) is 0.272. The van der Waals surface area contributed by atoms with Crippen molar-refractivity contribution in [3.63, 3.8) is 0 Å². The second-order valence-electron chi connectivity index (χ2n) is 7.24. The smallest absolute Gasteiger partial charge is 0.262 e. The molecule has 0 spiro atoms. The lowest BCUT2D eigenvalue weighted by molar-refractivity contribution is -0.117. The molecule has 1 aliphatic rings. The van der Waals surface area contributed by atoms with Gasteiger partial charge >= 0.3 is 0 Å². The number of rotatable bonds is 9. The van der Waals surface area contributed by atoms with Crippen molar-refractivity contribution in [2.75, 3.05) is 20.0 Å². The minimum Gasteiger partial charge on any atom is -0.490 e. The number of ether oxygens (including phenoxy) is 4. The highest BCUT2D eigenvalue weighted by Crippen LogP contribution is 2.32. The first-order chi connectivity index (χ1) is 16.6. The van der Waals surface area contributed by atoms with E-state index in [1.807, 2.05) is 24.3 Å². The average Bonchev–Trinajstić information content (AvgIpc) is 3.33. The molecule has 7 nitrogen and oxygen atoms in total. The van der Waals surface area contributed by atoms with Crippen molar-refractivity contribution in [1.82, 2.24) is 5.32 Å². The predicted octanol–water partition coefficient (Wildman–Crippen LogP) is 4.75. The first-order valence-corrected chi connectivity index (χ1v) is 10.9. The highest BCUT2D eigenvalue weighted by molar-refractivity contribution is 6.32. The second kappa shape index (κ2) is 11.1. The Morgan fingerprint density at radius 3 is 2.59 bits per heavy atom. The van der Waals surface area contributed by atoms with Crippen molar-refractivity contribution >= 4 is 23.6 Å². The fourth-order valence-electron chi connectivity index (χ4n) is 3.18. The predicted molar refractivity (Wildman–Crippen MR) is 127 cm³/mol. The molecule has 4 rings (SSSR count). The summed E-state index contributed by atoms with van der Waals surface area (Å²) < 4.78 is 21.9. The van der Waals surface area contributed by atoms with Gasteiger partial charge in [-0.05, 0) is 53.6 Å². The Bertz CT molecular complexity index is 1230. The Hall–Kier alpha value is -4.15. The lowest BCUT2D eigenvalue weighted by atomic mass is 10.1. The number of nitrogens with one attached hydrogen (secondary N) is 1. The summed E-state index contributed by atoms with van der Waals surface area (Å²) in [5, 5.41) is 12.7. The van der Waals surface area contributed by atoms with Gasteiger partial charge < -0.3 is 24.3 Å². The van der Waals surface area contributed by atoms with Crippen LogP contribution >= 0.6 is 11.6 Å². The van der Waals surface area contributed by atoms with Crippen molar-refractivity contribution in [3.05, 3.63) is 88.5 Å². The third-order valence-electron chi connectivity index (χ3n) is 4.89. The molecule has 1 heterocycles. The molecule has 0 fully saturated rings. The Morgan fingerprint density at radius 1 is 1.03 bits per heavy atom. The molecular weight excluding hydrogens is 456 g/mol. The van der Waals surface area contributed by atoms with Crippen LogP contribution in [0, 0.1) is 11.3 Å². The fourth-order valence-corrected chi connectivity index (χ4v) is 3.37. The Balaban J connectivity index is 1.27. The van der Waals surface area contributed by atoms with Crippen LogP contribution in [0.3, 0.4) is 0 Å². The van der Waals surface area contributed by atoms with Crippen molar-refractivity contribution in [1.29, 1.82) is 5.26 Å². The molecule has 1 amide bonds. The number of amides is 1. The summed E-state index contributed by atoms with van der Waals surface area (Å²) >= 11 is 6.05. The molecule has 0 atom stereocenters. The zero-order valence-corrected chi connectivity index (χ0v) is 18.9. The number of carbonyl (C=O) groups is 1. The zero-order chi connectivity index (χ0) is 23.8. The van der Waals surface area contributed by atoms with Crippen LogP contribution in [0.2, 0.25) is 5.02 Å². The molecule has 1 N–H and O–H groups in total. The summed E-state index contributed by atoms with van der Waals surface area (Å²) in [6.07, 6.45) is 1.53. The molecule has 0 aromatic heterocycles. The monoisotopic (exact) mass is 476 g/mol. The summed E-state index contributed by atoms with van der Waals surface area (Å²) in [6, 6.07) is 21.7. The van der Waals surface area contributed by atoms with E-state index in [4.69, 9.17) is 30.5 Å². The van der Waals surface area contributed by atoms with E-state index in [2.05, 4.69) is 5.32 Å². The molecule has 3 aromatic carbocycles. The van der Waals surface area contributed by atoms with Gasteiger partial charge in [-0.25, -0.2) is 0 Å². The minimum absolute atomic E-state index is 0.00236. The maximum absolute atomic E-state index is 12.5. The Labute approximate surface area is 202 Å². The average molecular weight is 477 g/mol. The number of para-hydroxylation sites is 1. The molecule has 0 saturated carbocycles. The molecule has 34 heavy (non-hydrogen) atoms. The van der Waals surface area contributed by atoms with E-state index in [1.165, 1.54) is 6.08 Å². The van der Waals surface area contributed by atoms with Crippen LogP contribution in [0.5, 0.6) is 23.0 Å². The molecular formula is C26H21ClN2O5. The molecule has 1 aliphatic heterocycles. The molecule has 0 saturated heterocycles. The normalized spacial score (nSPS) is 12.1. The molecule has 172 valence electrons. The first kappa shape index (κ1) is 23.0. The maximum Gasteiger partial charge on any atom is 0.262 e. The van der Waals surface area contributed by atoms with Gasteiger partial charge in [-0.1, -0.05) is 41.9 Å². The van der Waals surface area contributed by atoms with Gasteiger partial charge in [-0.2, -0.15) is 5.26 Å². The van der Waals surface area contributed by atoms with Crippen LogP contribution in [0.1, 0.15) is 11.1 Å². The number of halogens is 1. The van der Waals surface area contributed by atoms with Crippen LogP contribution in [0.15, 0.2) is 72.3 Å². The highest BCUT2D eigenvalue weighted by Gasteiger charge is 2.14. The number of nitriles is 1. The van der Waals surface area contributed by atoms with Crippen LogP contribution < -0.4 is 24.3 Å². The van der Waals surface area contributed by atoms with Crippen molar-refractivity contribution in [3.8, 4) is 29.1 Å². The third kappa shape index (κ3) is 6.00. The maximum atomic E-state index is 12.5.